The molecule has 9 heteroatoms. The van der Waals surface area contributed by atoms with E-state index in [2.05, 4.69) is 26.0 Å². The Morgan fingerprint density at radius 2 is 1.96 bits per heavy atom. The van der Waals surface area contributed by atoms with Gasteiger partial charge < -0.3 is 15.8 Å². The molecule has 1 aromatic carbocycles. The molecule has 0 heterocycles. The smallest absolute Gasteiger partial charge is 0.407 e. The summed E-state index contributed by atoms with van der Waals surface area (Å²) in [4.78, 5) is 11.5. The SMILES string of the molecule is CC(C)(C)OC(=O)NCCCNS(=O)(=O)c1ccc(N)cc1Br. The van der Waals surface area contributed by atoms with E-state index in [9.17, 15) is 13.2 Å². The lowest BCUT2D eigenvalue weighted by Crippen LogP contribution is -2.34. The van der Waals surface area contributed by atoms with Crippen molar-refractivity contribution in [2.24, 2.45) is 0 Å². The van der Waals surface area contributed by atoms with Crippen molar-refractivity contribution in [1.29, 1.82) is 0 Å². The number of ether oxygens (including phenoxy) is 1. The first kappa shape index (κ1) is 19.7. The molecule has 130 valence electrons. The van der Waals surface area contributed by atoms with Gasteiger partial charge in [-0.1, -0.05) is 0 Å². The number of benzene rings is 1. The number of hydrogen-bond donors (Lipinski definition) is 3. The molecule has 0 fully saturated rings. The van der Waals surface area contributed by atoms with Gasteiger partial charge in [0, 0.05) is 23.2 Å². The lowest BCUT2D eigenvalue weighted by atomic mass is 10.2. The number of rotatable bonds is 6. The van der Waals surface area contributed by atoms with Gasteiger partial charge in [0.25, 0.3) is 0 Å². The predicted molar refractivity (Wildman–Crippen MR) is 92.6 cm³/mol. The minimum Gasteiger partial charge on any atom is -0.444 e. The third-order valence-corrected chi connectivity index (χ3v) is 5.00. The molecular weight excluding hydrogens is 386 g/mol. The van der Waals surface area contributed by atoms with Gasteiger partial charge in [0.1, 0.15) is 5.60 Å². The quantitative estimate of drug-likeness (QED) is 0.494. The second-order valence-corrected chi connectivity index (χ2v) is 8.46. The summed E-state index contributed by atoms with van der Waals surface area (Å²) in [5.74, 6) is 0. The van der Waals surface area contributed by atoms with Crippen LogP contribution in [0.3, 0.4) is 0 Å². The van der Waals surface area contributed by atoms with Crippen LogP contribution in [0.25, 0.3) is 0 Å². The number of sulfonamides is 1. The van der Waals surface area contributed by atoms with Gasteiger partial charge in [-0.25, -0.2) is 17.9 Å². The van der Waals surface area contributed by atoms with Gasteiger partial charge in [-0.05, 0) is 61.3 Å². The van der Waals surface area contributed by atoms with Crippen molar-refractivity contribution in [3.05, 3.63) is 22.7 Å². The molecule has 23 heavy (non-hydrogen) atoms. The first-order valence-corrected chi connectivity index (χ1v) is 9.30. The molecule has 0 unspecified atom stereocenters. The number of carbonyl (C=O) groups excluding carboxylic acids is 1. The van der Waals surface area contributed by atoms with E-state index in [1.165, 1.54) is 18.2 Å². The highest BCUT2D eigenvalue weighted by molar-refractivity contribution is 9.10. The maximum atomic E-state index is 12.2. The third-order valence-electron chi connectivity index (χ3n) is 2.56. The topological polar surface area (TPSA) is 111 Å². The summed E-state index contributed by atoms with van der Waals surface area (Å²) in [5, 5.41) is 2.56. The number of halogens is 1. The third kappa shape index (κ3) is 7.19. The number of anilines is 1. The lowest BCUT2D eigenvalue weighted by Gasteiger charge is -2.19. The Morgan fingerprint density at radius 3 is 2.52 bits per heavy atom. The molecule has 0 radical (unpaired) electrons. The lowest BCUT2D eigenvalue weighted by molar-refractivity contribution is 0.0527. The average Bonchev–Trinajstić information content (AvgIpc) is 2.35. The molecule has 1 amide bonds. The van der Waals surface area contributed by atoms with Crippen molar-refractivity contribution in [1.82, 2.24) is 10.0 Å². The van der Waals surface area contributed by atoms with Crippen LogP contribution in [-0.4, -0.2) is 33.2 Å². The van der Waals surface area contributed by atoms with Crippen LogP contribution in [0.15, 0.2) is 27.6 Å². The molecule has 0 atom stereocenters. The van der Waals surface area contributed by atoms with Crippen LogP contribution in [-0.2, 0) is 14.8 Å². The molecule has 0 aliphatic rings. The van der Waals surface area contributed by atoms with E-state index in [1.54, 1.807) is 20.8 Å². The Morgan fingerprint density at radius 1 is 1.30 bits per heavy atom. The minimum atomic E-state index is -3.63. The molecule has 0 saturated heterocycles. The van der Waals surface area contributed by atoms with Crippen LogP contribution in [0.5, 0.6) is 0 Å². The zero-order valence-electron chi connectivity index (χ0n) is 13.3. The summed E-state index contributed by atoms with van der Waals surface area (Å²) >= 11 is 3.18. The van der Waals surface area contributed by atoms with Crippen molar-refractivity contribution in [2.75, 3.05) is 18.8 Å². The molecule has 0 spiro atoms. The highest BCUT2D eigenvalue weighted by atomic mass is 79.9. The van der Waals surface area contributed by atoms with Crippen molar-refractivity contribution < 1.29 is 17.9 Å². The fraction of sp³-hybridized carbons (Fsp3) is 0.500. The minimum absolute atomic E-state index is 0.117. The molecule has 0 aromatic heterocycles. The number of amides is 1. The summed E-state index contributed by atoms with van der Waals surface area (Å²) in [7, 11) is -3.63. The van der Waals surface area contributed by atoms with Crippen LogP contribution in [0, 0.1) is 0 Å². The largest absolute Gasteiger partial charge is 0.444 e. The summed E-state index contributed by atoms with van der Waals surface area (Å²) in [6, 6.07) is 4.47. The molecule has 0 aliphatic carbocycles. The molecular formula is C14H22BrN3O4S. The van der Waals surface area contributed by atoms with Crippen LogP contribution < -0.4 is 15.8 Å². The number of nitrogens with one attached hydrogen (secondary N) is 2. The van der Waals surface area contributed by atoms with Gasteiger partial charge in [-0.15, -0.1) is 0 Å². The second-order valence-electron chi connectivity index (χ2n) is 5.87. The number of nitrogens with two attached hydrogens (primary N) is 1. The Balaban J connectivity index is 2.42. The monoisotopic (exact) mass is 407 g/mol. The molecule has 1 rings (SSSR count). The van der Waals surface area contributed by atoms with Gasteiger partial charge in [-0.2, -0.15) is 0 Å². The van der Waals surface area contributed by atoms with Crippen molar-refractivity contribution in [3.8, 4) is 0 Å². The second kappa shape index (κ2) is 7.98. The number of hydrogen-bond acceptors (Lipinski definition) is 5. The zero-order valence-corrected chi connectivity index (χ0v) is 15.8. The Kier molecular flexibility index (Phi) is 6.84. The molecule has 0 bridgehead atoms. The average molecular weight is 408 g/mol. The van der Waals surface area contributed by atoms with Crippen molar-refractivity contribution in [3.63, 3.8) is 0 Å². The molecule has 1 aromatic rings. The molecule has 7 nitrogen and oxygen atoms in total. The van der Waals surface area contributed by atoms with Crippen LogP contribution >= 0.6 is 15.9 Å². The van der Waals surface area contributed by atoms with E-state index < -0.39 is 21.7 Å². The first-order valence-electron chi connectivity index (χ1n) is 7.03. The summed E-state index contributed by atoms with van der Waals surface area (Å²) in [5.41, 5.74) is 5.49. The van der Waals surface area contributed by atoms with E-state index in [0.29, 0.717) is 23.1 Å². The van der Waals surface area contributed by atoms with Crippen LogP contribution in [0.1, 0.15) is 27.2 Å². The Hall–Kier alpha value is -1.32. The molecule has 4 N–H and O–H groups in total. The van der Waals surface area contributed by atoms with Gasteiger partial charge >= 0.3 is 6.09 Å². The van der Waals surface area contributed by atoms with Gasteiger partial charge in [0.05, 0.1) is 4.90 Å². The summed E-state index contributed by atoms with van der Waals surface area (Å²) in [6.45, 7) is 5.80. The molecule has 0 saturated carbocycles. The fourth-order valence-electron chi connectivity index (χ4n) is 1.61. The summed E-state index contributed by atoms with van der Waals surface area (Å²) in [6.07, 6.45) is -0.0907. The Labute approximate surface area is 145 Å². The maximum Gasteiger partial charge on any atom is 0.407 e. The zero-order chi connectivity index (χ0) is 17.7. The van der Waals surface area contributed by atoms with E-state index >= 15 is 0 Å². The number of alkyl carbamates (subject to hydrolysis) is 1. The van der Waals surface area contributed by atoms with E-state index in [4.69, 9.17) is 10.5 Å². The highest BCUT2D eigenvalue weighted by Gasteiger charge is 2.18. The van der Waals surface area contributed by atoms with Crippen LogP contribution in [0.2, 0.25) is 0 Å². The van der Waals surface area contributed by atoms with E-state index in [1.807, 2.05) is 0 Å². The predicted octanol–water partition coefficient (Wildman–Crippen LogP) is 2.22. The molecule has 0 aliphatic heterocycles. The number of nitrogen functional groups attached to an aromatic ring is 1. The van der Waals surface area contributed by atoms with Crippen molar-refractivity contribution in [2.45, 2.75) is 37.7 Å². The van der Waals surface area contributed by atoms with Crippen LogP contribution in [0.4, 0.5) is 10.5 Å². The van der Waals surface area contributed by atoms with Crippen molar-refractivity contribution >= 4 is 37.7 Å². The number of carbonyl (C=O) groups is 1. The fourth-order valence-corrected chi connectivity index (χ4v) is 3.78. The normalized spacial score (nSPS) is 12.0. The van der Waals surface area contributed by atoms with E-state index in [-0.39, 0.29) is 11.4 Å². The maximum absolute atomic E-state index is 12.2. The summed E-state index contributed by atoms with van der Waals surface area (Å²) < 4.78 is 32.3. The van der Waals surface area contributed by atoms with Gasteiger partial charge in [0.2, 0.25) is 10.0 Å². The van der Waals surface area contributed by atoms with E-state index in [0.717, 1.165) is 0 Å². The van der Waals surface area contributed by atoms with Gasteiger partial charge in [-0.3, -0.25) is 0 Å². The van der Waals surface area contributed by atoms with Gasteiger partial charge in [0.15, 0.2) is 0 Å². The standard InChI is InChI=1S/C14H22BrN3O4S/c1-14(2,3)22-13(19)17-7-4-8-18-23(20,21)12-6-5-10(16)9-11(12)15/h5-6,9,18H,4,7-8,16H2,1-3H3,(H,17,19). The Bertz CT molecular complexity index is 656. The highest BCUT2D eigenvalue weighted by Crippen LogP contribution is 2.23. The first-order chi connectivity index (χ1) is 10.5.